The first-order valence-corrected chi connectivity index (χ1v) is 7.60. The number of hydrogen-bond acceptors (Lipinski definition) is 2. The molecule has 3 aliphatic rings. The van der Waals surface area contributed by atoms with Crippen LogP contribution in [0.1, 0.15) is 58.8 Å². The first-order valence-electron chi connectivity index (χ1n) is 7.60. The molecular weight excluding hydrogens is 210 g/mol. The number of hydrogen-bond donors (Lipinski definition) is 1. The Labute approximate surface area is 105 Å². The second-order valence-electron chi connectivity index (χ2n) is 6.86. The van der Waals surface area contributed by atoms with Gasteiger partial charge in [-0.05, 0) is 37.5 Å². The summed E-state index contributed by atoms with van der Waals surface area (Å²) in [5.41, 5.74) is 0.205. The maximum absolute atomic E-state index is 6.60. The molecule has 2 aliphatic carbocycles. The Morgan fingerprint density at radius 2 is 1.82 bits per heavy atom. The number of rotatable bonds is 0. The van der Waals surface area contributed by atoms with Crippen LogP contribution in [0, 0.1) is 11.8 Å². The van der Waals surface area contributed by atoms with Crippen molar-refractivity contribution in [2.45, 2.75) is 76.5 Å². The summed E-state index contributed by atoms with van der Waals surface area (Å²) in [7, 11) is 0. The molecular formula is C15H27NO. The molecule has 0 aromatic rings. The largest absolute Gasteiger partial charge is 0.369 e. The molecule has 1 aliphatic heterocycles. The zero-order valence-electron chi connectivity index (χ0n) is 11.4. The SMILES string of the molecule is CC1CC(C)C2NCC3(CCCCC3)OC2C1. The maximum atomic E-state index is 6.60. The van der Waals surface area contributed by atoms with Crippen molar-refractivity contribution in [3.05, 3.63) is 0 Å². The molecule has 0 aromatic heterocycles. The minimum Gasteiger partial charge on any atom is -0.369 e. The van der Waals surface area contributed by atoms with E-state index in [0.29, 0.717) is 12.1 Å². The lowest BCUT2D eigenvalue weighted by atomic mass is 9.74. The average Bonchev–Trinajstić information content (AvgIpc) is 2.29. The number of morpholine rings is 1. The van der Waals surface area contributed by atoms with Gasteiger partial charge in [-0.15, -0.1) is 0 Å². The average molecular weight is 237 g/mol. The molecule has 2 heteroatoms. The van der Waals surface area contributed by atoms with Crippen molar-refractivity contribution in [3.63, 3.8) is 0 Å². The van der Waals surface area contributed by atoms with Gasteiger partial charge in [-0.3, -0.25) is 0 Å². The van der Waals surface area contributed by atoms with E-state index in [4.69, 9.17) is 4.74 Å². The molecule has 4 unspecified atom stereocenters. The van der Waals surface area contributed by atoms with Gasteiger partial charge in [-0.25, -0.2) is 0 Å². The first kappa shape index (κ1) is 12.0. The molecule has 3 fully saturated rings. The van der Waals surface area contributed by atoms with Gasteiger partial charge in [-0.2, -0.15) is 0 Å². The molecule has 2 nitrogen and oxygen atoms in total. The van der Waals surface area contributed by atoms with Gasteiger partial charge in [-0.1, -0.05) is 33.1 Å². The van der Waals surface area contributed by atoms with Crippen molar-refractivity contribution >= 4 is 0 Å². The van der Waals surface area contributed by atoms with Gasteiger partial charge >= 0.3 is 0 Å². The van der Waals surface area contributed by atoms with Crippen LogP contribution in [0.3, 0.4) is 0 Å². The predicted molar refractivity (Wildman–Crippen MR) is 70.0 cm³/mol. The van der Waals surface area contributed by atoms with Gasteiger partial charge in [0, 0.05) is 12.6 Å². The van der Waals surface area contributed by atoms with E-state index >= 15 is 0 Å². The number of nitrogens with one attached hydrogen (secondary N) is 1. The van der Waals surface area contributed by atoms with Crippen LogP contribution in [0.15, 0.2) is 0 Å². The van der Waals surface area contributed by atoms with Crippen LogP contribution < -0.4 is 5.32 Å². The number of ether oxygens (including phenoxy) is 1. The Bertz CT molecular complexity index is 272. The Kier molecular flexibility index (Phi) is 3.20. The zero-order valence-corrected chi connectivity index (χ0v) is 11.4. The highest BCUT2D eigenvalue weighted by Crippen LogP contribution is 2.40. The highest BCUT2D eigenvalue weighted by molar-refractivity contribution is 4.99. The summed E-state index contributed by atoms with van der Waals surface area (Å²) in [6.45, 7) is 5.88. The van der Waals surface area contributed by atoms with Crippen molar-refractivity contribution < 1.29 is 4.74 Å². The van der Waals surface area contributed by atoms with Gasteiger partial charge in [0.2, 0.25) is 0 Å². The third-order valence-corrected chi connectivity index (χ3v) is 5.25. The molecule has 1 spiro atoms. The van der Waals surface area contributed by atoms with Gasteiger partial charge in [0.25, 0.3) is 0 Å². The van der Waals surface area contributed by atoms with Crippen LogP contribution in [-0.4, -0.2) is 24.3 Å². The topological polar surface area (TPSA) is 21.3 Å². The van der Waals surface area contributed by atoms with E-state index in [2.05, 4.69) is 19.2 Å². The minimum absolute atomic E-state index is 0.205. The normalized spacial score (nSPS) is 45.5. The standard InChI is InChI=1S/C15H27NO/c1-11-8-12(2)14-13(9-11)17-15(10-16-14)6-4-3-5-7-15/h11-14,16H,3-10H2,1-2H3. The predicted octanol–water partition coefficient (Wildman–Crippen LogP) is 3.11. The van der Waals surface area contributed by atoms with Crippen LogP contribution in [-0.2, 0) is 4.74 Å². The molecule has 4 atom stereocenters. The molecule has 0 radical (unpaired) electrons. The highest BCUT2D eigenvalue weighted by atomic mass is 16.5. The van der Waals surface area contributed by atoms with Crippen LogP contribution in [0.2, 0.25) is 0 Å². The van der Waals surface area contributed by atoms with Crippen LogP contribution >= 0.6 is 0 Å². The fraction of sp³-hybridized carbons (Fsp3) is 1.00. The summed E-state index contributed by atoms with van der Waals surface area (Å²) >= 11 is 0. The molecule has 0 amide bonds. The lowest BCUT2D eigenvalue weighted by molar-refractivity contribution is -0.172. The Balaban J connectivity index is 1.71. The van der Waals surface area contributed by atoms with Crippen molar-refractivity contribution in [3.8, 4) is 0 Å². The van der Waals surface area contributed by atoms with E-state index in [1.807, 2.05) is 0 Å². The lowest BCUT2D eigenvalue weighted by Gasteiger charge is -2.52. The summed E-state index contributed by atoms with van der Waals surface area (Å²) in [5.74, 6) is 1.62. The highest BCUT2D eigenvalue weighted by Gasteiger charge is 2.45. The monoisotopic (exact) mass is 237 g/mol. The van der Waals surface area contributed by atoms with Crippen molar-refractivity contribution in [1.82, 2.24) is 5.32 Å². The second-order valence-corrected chi connectivity index (χ2v) is 6.86. The third-order valence-electron chi connectivity index (χ3n) is 5.25. The van der Waals surface area contributed by atoms with E-state index in [0.717, 1.165) is 18.4 Å². The molecule has 0 aromatic carbocycles. The molecule has 2 saturated carbocycles. The number of fused-ring (bicyclic) bond motifs is 1. The second kappa shape index (κ2) is 4.55. The van der Waals surface area contributed by atoms with Gasteiger partial charge in [0.05, 0.1) is 11.7 Å². The third kappa shape index (κ3) is 2.26. The van der Waals surface area contributed by atoms with E-state index in [-0.39, 0.29) is 5.60 Å². The fourth-order valence-corrected chi connectivity index (χ4v) is 4.40. The van der Waals surface area contributed by atoms with Crippen molar-refractivity contribution in [2.24, 2.45) is 11.8 Å². The summed E-state index contributed by atoms with van der Waals surface area (Å²) in [5, 5.41) is 3.83. The minimum atomic E-state index is 0.205. The van der Waals surface area contributed by atoms with Crippen LogP contribution in [0.4, 0.5) is 0 Å². The van der Waals surface area contributed by atoms with E-state index < -0.39 is 0 Å². The van der Waals surface area contributed by atoms with Gasteiger partial charge in [0.1, 0.15) is 0 Å². The molecule has 1 heterocycles. The molecule has 1 N–H and O–H groups in total. The van der Waals surface area contributed by atoms with Crippen molar-refractivity contribution in [2.75, 3.05) is 6.54 Å². The van der Waals surface area contributed by atoms with Crippen molar-refractivity contribution in [1.29, 1.82) is 0 Å². The molecule has 0 bridgehead atoms. The molecule has 17 heavy (non-hydrogen) atoms. The quantitative estimate of drug-likeness (QED) is 0.699. The first-order chi connectivity index (χ1) is 8.19. The Morgan fingerprint density at radius 3 is 2.59 bits per heavy atom. The summed E-state index contributed by atoms with van der Waals surface area (Å²) < 4.78 is 6.60. The fourth-order valence-electron chi connectivity index (χ4n) is 4.40. The van der Waals surface area contributed by atoms with Crippen LogP contribution in [0.5, 0.6) is 0 Å². The van der Waals surface area contributed by atoms with E-state index in [1.165, 1.54) is 44.9 Å². The Hall–Kier alpha value is -0.0800. The molecule has 98 valence electrons. The van der Waals surface area contributed by atoms with Crippen LogP contribution in [0.25, 0.3) is 0 Å². The van der Waals surface area contributed by atoms with Gasteiger partial charge < -0.3 is 10.1 Å². The van der Waals surface area contributed by atoms with E-state index in [1.54, 1.807) is 0 Å². The Morgan fingerprint density at radius 1 is 1.06 bits per heavy atom. The summed E-state index contributed by atoms with van der Waals surface area (Å²) in [6.07, 6.45) is 9.83. The van der Waals surface area contributed by atoms with E-state index in [9.17, 15) is 0 Å². The maximum Gasteiger partial charge on any atom is 0.0810 e. The molecule has 1 saturated heterocycles. The summed E-state index contributed by atoms with van der Waals surface area (Å²) in [4.78, 5) is 0. The van der Waals surface area contributed by atoms with Gasteiger partial charge in [0.15, 0.2) is 0 Å². The lowest BCUT2D eigenvalue weighted by Crippen LogP contribution is -2.63. The smallest absolute Gasteiger partial charge is 0.0810 e. The summed E-state index contributed by atoms with van der Waals surface area (Å²) in [6, 6.07) is 0.624. The molecule has 3 rings (SSSR count). The zero-order chi connectivity index (χ0) is 11.9.